The third-order valence-corrected chi connectivity index (χ3v) is 3.96. The Morgan fingerprint density at radius 1 is 1.12 bits per heavy atom. The van der Waals surface area contributed by atoms with Crippen LogP contribution in [-0.2, 0) is 4.79 Å². The van der Waals surface area contributed by atoms with E-state index in [1.807, 2.05) is 6.92 Å². The van der Waals surface area contributed by atoms with Crippen LogP contribution in [0.4, 0.5) is 0 Å². The van der Waals surface area contributed by atoms with Crippen LogP contribution in [0.5, 0.6) is 0 Å². The van der Waals surface area contributed by atoms with Gasteiger partial charge in [0.15, 0.2) is 0 Å². The molecule has 0 rings (SSSR count). The number of amides is 1. The number of carbonyl (C=O) groups is 1. The molecule has 0 radical (unpaired) electrons. The maximum atomic E-state index is 11.6. The van der Waals surface area contributed by atoms with Crippen molar-refractivity contribution in [1.82, 2.24) is 5.32 Å². The number of nitrogens with zero attached hydrogens (tertiary/aromatic N) is 1. The lowest BCUT2D eigenvalue weighted by Crippen LogP contribution is -2.51. The SMILES string of the molecule is CCC(C)C(=O)NCC[N+](CC)(CC)CC. The van der Waals surface area contributed by atoms with Gasteiger partial charge in [-0.15, -0.1) is 0 Å². The van der Waals surface area contributed by atoms with Crippen molar-refractivity contribution in [1.29, 1.82) is 0 Å². The zero-order valence-corrected chi connectivity index (χ0v) is 11.7. The van der Waals surface area contributed by atoms with Gasteiger partial charge in [-0.25, -0.2) is 0 Å². The molecule has 0 aromatic heterocycles. The summed E-state index contributed by atoms with van der Waals surface area (Å²) < 4.78 is 1.10. The molecule has 0 aromatic rings. The molecule has 0 bridgehead atoms. The maximum absolute atomic E-state index is 11.6. The first-order valence-electron chi connectivity index (χ1n) is 6.68. The van der Waals surface area contributed by atoms with Crippen LogP contribution >= 0.6 is 0 Å². The molecule has 1 atom stereocenters. The molecule has 0 saturated heterocycles. The van der Waals surface area contributed by atoms with Gasteiger partial charge < -0.3 is 9.80 Å². The minimum absolute atomic E-state index is 0.145. The molecule has 0 aliphatic heterocycles. The van der Waals surface area contributed by atoms with Gasteiger partial charge >= 0.3 is 0 Å². The average Bonchev–Trinajstić information content (AvgIpc) is 2.34. The summed E-state index contributed by atoms with van der Waals surface area (Å²) in [6.45, 7) is 16.0. The number of nitrogens with one attached hydrogen (secondary N) is 1. The minimum Gasteiger partial charge on any atom is -0.350 e. The van der Waals surface area contributed by atoms with E-state index in [2.05, 4.69) is 33.0 Å². The van der Waals surface area contributed by atoms with Crippen molar-refractivity contribution in [3.8, 4) is 0 Å². The highest BCUT2D eigenvalue weighted by atomic mass is 16.1. The Morgan fingerprint density at radius 2 is 1.62 bits per heavy atom. The molecule has 1 N–H and O–H groups in total. The smallest absolute Gasteiger partial charge is 0.223 e. The normalized spacial score (nSPS) is 13.6. The van der Waals surface area contributed by atoms with Crippen molar-refractivity contribution >= 4 is 5.91 Å². The second-order valence-electron chi connectivity index (χ2n) is 4.61. The third-order valence-electron chi connectivity index (χ3n) is 3.96. The number of rotatable bonds is 8. The van der Waals surface area contributed by atoms with E-state index in [9.17, 15) is 4.79 Å². The quantitative estimate of drug-likeness (QED) is 0.634. The van der Waals surface area contributed by atoms with Crippen LogP contribution in [0.1, 0.15) is 41.0 Å². The first-order chi connectivity index (χ1) is 7.55. The Labute approximate surface area is 101 Å². The first kappa shape index (κ1) is 15.4. The van der Waals surface area contributed by atoms with E-state index in [0.717, 1.165) is 43.6 Å². The maximum Gasteiger partial charge on any atom is 0.223 e. The van der Waals surface area contributed by atoms with E-state index >= 15 is 0 Å². The van der Waals surface area contributed by atoms with E-state index in [0.29, 0.717) is 0 Å². The number of hydrogen-bond acceptors (Lipinski definition) is 1. The van der Waals surface area contributed by atoms with Gasteiger partial charge in [0.2, 0.25) is 5.91 Å². The predicted molar refractivity (Wildman–Crippen MR) is 69.2 cm³/mol. The lowest BCUT2D eigenvalue weighted by atomic mass is 10.1. The minimum atomic E-state index is 0.145. The summed E-state index contributed by atoms with van der Waals surface area (Å²) in [6.07, 6.45) is 0.918. The summed E-state index contributed by atoms with van der Waals surface area (Å²) >= 11 is 0. The molecule has 1 amide bonds. The molecule has 0 saturated carbocycles. The number of carbonyl (C=O) groups excluding carboxylic acids is 1. The number of likely N-dealkylation sites (N-methyl/N-ethyl adjacent to an activating group) is 1. The van der Waals surface area contributed by atoms with Crippen LogP contribution in [0, 0.1) is 5.92 Å². The summed E-state index contributed by atoms with van der Waals surface area (Å²) in [5.41, 5.74) is 0. The molecule has 16 heavy (non-hydrogen) atoms. The van der Waals surface area contributed by atoms with Crippen LogP contribution in [-0.4, -0.2) is 43.1 Å². The highest BCUT2D eigenvalue weighted by Gasteiger charge is 2.20. The molecule has 0 fully saturated rings. The van der Waals surface area contributed by atoms with E-state index in [-0.39, 0.29) is 11.8 Å². The molecular formula is C13H29N2O+. The molecule has 3 heteroatoms. The molecular weight excluding hydrogens is 200 g/mol. The van der Waals surface area contributed by atoms with Crippen LogP contribution in [0.15, 0.2) is 0 Å². The summed E-state index contributed by atoms with van der Waals surface area (Å²) in [7, 11) is 0. The van der Waals surface area contributed by atoms with Crippen molar-refractivity contribution in [2.75, 3.05) is 32.7 Å². The van der Waals surface area contributed by atoms with Gasteiger partial charge in [0, 0.05) is 5.92 Å². The molecule has 1 unspecified atom stereocenters. The van der Waals surface area contributed by atoms with Crippen molar-refractivity contribution in [3.63, 3.8) is 0 Å². The highest BCUT2D eigenvalue weighted by Crippen LogP contribution is 2.05. The van der Waals surface area contributed by atoms with Crippen LogP contribution in [0.2, 0.25) is 0 Å². The molecule has 0 aliphatic carbocycles. The van der Waals surface area contributed by atoms with Gasteiger partial charge in [0.05, 0.1) is 32.7 Å². The summed E-state index contributed by atoms with van der Waals surface area (Å²) in [6, 6.07) is 0. The zero-order chi connectivity index (χ0) is 12.6. The van der Waals surface area contributed by atoms with Crippen molar-refractivity contribution in [3.05, 3.63) is 0 Å². The van der Waals surface area contributed by atoms with E-state index in [1.165, 1.54) is 0 Å². The highest BCUT2D eigenvalue weighted by molar-refractivity contribution is 5.78. The standard InChI is InChI=1S/C13H28N2O/c1-6-12(5)13(16)14-10-11-15(7-2,8-3)9-4/h12H,6-11H2,1-5H3/p+1. The fraction of sp³-hybridized carbons (Fsp3) is 0.923. The Bertz CT molecular complexity index is 192. The molecule has 0 aromatic carbocycles. The fourth-order valence-electron chi connectivity index (χ4n) is 1.92. The summed E-state index contributed by atoms with van der Waals surface area (Å²) in [5.74, 6) is 0.343. The Balaban J connectivity index is 4.00. The van der Waals surface area contributed by atoms with Crippen molar-refractivity contribution < 1.29 is 9.28 Å². The fourth-order valence-corrected chi connectivity index (χ4v) is 1.92. The van der Waals surface area contributed by atoms with Crippen molar-refractivity contribution in [2.24, 2.45) is 5.92 Å². The Kier molecular flexibility index (Phi) is 7.39. The van der Waals surface area contributed by atoms with E-state index in [4.69, 9.17) is 0 Å². The number of hydrogen-bond donors (Lipinski definition) is 1. The average molecular weight is 229 g/mol. The topological polar surface area (TPSA) is 29.1 Å². The van der Waals surface area contributed by atoms with Crippen LogP contribution < -0.4 is 5.32 Å². The van der Waals surface area contributed by atoms with E-state index in [1.54, 1.807) is 0 Å². The van der Waals surface area contributed by atoms with Crippen molar-refractivity contribution in [2.45, 2.75) is 41.0 Å². The van der Waals surface area contributed by atoms with E-state index < -0.39 is 0 Å². The van der Waals surface area contributed by atoms with Gasteiger partial charge in [0.25, 0.3) is 0 Å². The lowest BCUT2D eigenvalue weighted by molar-refractivity contribution is -0.922. The Hall–Kier alpha value is -0.570. The van der Waals surface area contributed by atoms with Crippen LogP contribution in [0.3, 0.4) is 0 Å². The molecule has 0 spiro atoms. The summed E-state index contributed by atoms with van der Waals surface area (Å²) in [4.78, 5) is 11.6. The monoisotopic (exact) mass is 229 g/mol. The van der Waals surface area contributed by atoms with Crippen LogP contribution in [0.25, 0.3) is 0 Å². The first-order valence-corrected chi connectivity index (χ1v) is 6.68. The zero-order valence-electron chi connectivity index (χ0n) is 11.7. The van der Waals surface area contributed by atoms with Gasteiger partial charge in [0.1, 0.15) is 0 Å². The Morgan fingerprint density at radius 3 is 2.00 bits per heavy atom. The lowest BCUT2D eigenvalue weighted by Gasteiger charge is -2.35. The van der Waals surface area contributed by atoms with Gasteiger partial charge in [-0.2, -0.15) is 0 Å². The second-order valence-corrected chi connectivity index (χ2v) is 4.61. The molecule has 96 valence electrons. The summed E-state index contributed by atoms with van der Waals surface area (Å²) in [5, 5.41) is 3.04. The van der Waals surface area contributed by atoms with Gasteiger partial charge in [-0.3, -0.25) is 4.79 Å². The van der Waals surface area contributed by atoms with Gasteiger partial charge in [-0.1, -0.05) is 13.8 Å². The predicted octanol–water partition coefficient (Wildman–Crippen LogP) is 2.03. The molecule has 0 aliphatic rings. The second kappa shape index (κ2) is 7.66. The number of quaternary nitrogens is 1. The largest absolute Gasteiger partial charge is 0.350 e. The third kappa shape index (κ3) is 4.52. The van der Waals surface area contributed by atoms with Gasteiger partial charge in [-0.05, 0) is 27.2 Å². The molecule has 3 nitrogen and oxygen atoms in total. The molecule has 0 heterocycles.